The van der Waals surface area contributed by atoms with Crippen molar-refractivity contribution in [2.24, 2.45) is 7.05 Å². The quantitative estimate of drug-likeness (QED) is 0.749. The van der Waals surface area contributed by atoms with E-state index in [9.17, 15) is 0 Å². The first kappa shape index (κ1) is 8.69. The Kier molecular flexibility index (Phi) is 2.59. The van der Waals surface area contributed by atoms with Gasteiger partial charge in [0, 0.05) is 25.8 Å². The zero-order valence-corrected chi connectivity index (χ0v) is 8.03. The Balaban J connectivity index is 1.78. The van der Waals surface area contributed by atoms with Crippen LogP contribution in [0.3, 0.4) is 0 Å². The fourth-order valence-corrected chi connectivity index (χ4v) is 1.86. The van der Waals surface area contributed by atoms with Gasteiger partial charge in [0.25, 0.3) is 0 Å². The highest BCUT2D eigenvalue weighted by molar-refractivity contribution is 4.92. The smallest absolute Gasteiger partial charge is 0.0964 e. The van der Waals surface area contributed by atoms with Crippen molar-refractivity contribution in [3.8, 4) is 0 Å². The van der Waals surface area contributed by atoms with E-state index in [2.05, 4.69) is 15.6 Å². The molecule has 1 aliphatic rings. The molecule has 0 spiro atoms. The second-order valence-corrected chi connectivity index (χ2v) is 3.75. The molecular weight excluding hydrogens is 164 g/mol. The lowest BCUT2D eigenvalue weighted by molar-refractivity contribution is 0.519. The molecule has 0 bridgehead atoms. The Morgan fingerprint density at radius 3 is 2.92 bits per heavy atom. The minimum absolute atomic E-state index is 0.710. The average Bonchev–Trinajstić information content (AvgIpc) is 2.71. The molecule has 4 heteroatoms. The lowest BCUT2D eigenvalue weighted by atomic mass is 10.2. The largest absolute Gasteiger partial charge is 0.308 e. The van der Waals surface area contributed by atoms with E-state index in [4.69, 9.17) is 0 Å². The second kappa shape index (κ2) is 3.87. The number of hydrogen-bond donors (Lipinski definition) is 1. The highest BCUT2D eigenvalue weighted by Gasteiger charge is 2.14. The molecule has 1 heterocycles. The summed E-state index contributed by atoms with van der Waals surface area (Å²) >= 11 is 0. The van der Waals surface area contributed by atoms with Gasteiger partial charge in [-0.2, -0.15) is 0 Å². The van der Waals surface area contributed by atoms with Crippen molar-refractivity contribution < 1.29 is 0 Å². The topological polar surface area (TPSA) is 42.7 Å². The highest BCUT2D eigenvalue weighted by atomic mass is 15.4. The van der Waals surface area contributed by atoms with Crippen LogP contribution < -0.4 is 5.32 Å². The molecule has 0 unspecified atom stereocenters. The molecule has 1 aromatic heterocycles. The van der Waals surface area contributed by atoms with Gasteiger partial charge in [-0.15, -0.1) is 5.10 Å². The van der Waals surface area contributed by atoms with E-state index in [1.54, 1.807) is 4.68 Å². The van der Waals surface area contributed by atoms with Gasteiger partial charge >= 0.3 is 0 Å². The number of rotatable bonds is 3. The average molecular weight is 180 g/mol. The Hall–Kier alpha value is -0.900. The van der Waals surface area contributed by atoms with Crippen molar-refractivity contribution in [3.63, 3.8) is 0 Å². The lowest BCUT2D eigenvalue weighted by Gasteiger charge is -2.08. The molecule has 4 nitrogen and oxygen atoms in total. The second-order valence-electron chi connectivity index (χ2n) is 3.75. The van der Waals surface area contributed by atoms with Crippen LogP contribution in [-0.4, -0.2) is 21.0 Å². The number of nitrogens with zero attached hydrogens (tertiary/aromatic N) is 3. The summed E-state index contributed by atoms with van der Waals surface area (Å²) in [5.74, 6) is 0. The van der Waals surface area contributed by atoms with Crippen LogP contribution in [0.1, 0.15) is 31.4 Å². The van der Waals surface area contributed by atoms with Gasteiger partial charge in [0.15, 0.2) is 0 Å². The molecule has 1 fully saturated rings. The van der Waals surface area contributed by atoms with Gasteiger partial charge < -0.3 is 5.32 Å². The lowest BCUT2D eigenvalue weighted by Crippen LogP contribution is -2.25. The summed E-state index contributed by atoms with van der Waals surface area (Å²) < 4.78 is 1.74. The Bertz CT molecular complexity index is 262. The summed E-state index contributed by atoms with van der Waals surface area (Å²) in [7, 11) is 1.89. The van der Waals surface area contributed by atoms with E-state index in [1.165, 1.54) is 25.7 Å². The third kappa shape index (κ3) is 2.28. The van der Waals surface area contributed by atoms with E-state index in [0.29, 0.717) is 6.04 Å². The molecule has 0 saturated heterocycles. The summed E-state index contributed by atoms with van der Waals surface area (Å²) in [6.07, 6.45) is 7.35. The Morgan fingerprint density at radius 2 is 2.31 bits per heavy atom. The van der Waals surface area contributed by atoms with Crippen LogP contribution in [0.15, 0.2) is 6.20 Å². The first-order chi connectivity index (χ1) is 6.34. The SMILES string of the molecule is Cn1cc(CNC2CCCC2)nn1. The van der Waals surface area contributed by atoms with E-state index < -0.39 is 0 Å². The summed E-state index contributed by atoms with van der Waals surface area (Å²) in [6.45, 7) is 0.860. The molecule has 0 amide bonds. The minimum atomic E-state index is 0.710. The van der Waals surface area contributed by atoms with Gasteiger partial charge in [0.1, 0.15) is 0 Å². The van der Waals surface area contributed by atoms with Gasteiger partial charge in [0.2, 0.25) is 0 Å². The first-order valence-corrected chi connectivity index (χ1v) is 4.93. The molecular formula is C9H16N4. The third-order valence-corrected chi connectivity index (χ3v) is 2.58. The molecule has 1 saturated carbocycles. The van der Waals surface area contributed by atoms with Crippen molar-refractivity contribution in [3.05, 3.63) is 11.9 Å². The number of aromatic nitrogens is 3. The van der Waals surface area contributed by atoms with Crippen molar-refractivity contribution >= 4 is 0 Å². The predicted molar refractivity (Wildman–Crippen MR) is 50.1 cm³/mol. The predicted octanol–water partition coefficient (Wildman–Crippen LogP) is 0.847. The molecule has 72 valence electrons. The Labute approximate surface area is 78.3 Å². The van der Waals surface area contributed by atoms with Crippen molar-refractivity contribution in [2.45, 2.75) is 38.3 Å². The summed E-state index contributed by atoms with van der Waals surface area (Å²) in [5, 5.41) is 11.4. The number of nitrogens with one attached hydrogen (secondary N) is 1. The molecule has 0 atom stereocenters. The molecule has 2 rings (SSSR count). The van der Waals surface area contributed by atoms with Gasteiger partial charge in [-0.25, -0.2) is 0 Å². The normalized spacial score (nSPS) is 18.2. The maximum Gasteiger partial charge on any atom is 0.0964 e. The zero-order valence-electron chi connectivity index (χ0n) is 8.03. The molecule has 1 aliphatic carbocycles. The van der Waals surface area contributed by atoms with E-state index in [-0.39, 0.29) is 0 Å². The van der Waals surface area contributed by atoms with Crippen LogP contribution in [0.2, 0.25) is 0 Å². The maximum absolute atomic E-state index is 4.03. The van der Waals surface area contributed by atoms with Crippen LogP contribution in [0.25, 0.3) is 0 Å². The fraction of sp³-hybridized carbons (Fsp3) is 0.778. The zero-order chi connectivity index (χ0) is 9.10. The summed E-state index contributed by atoms with van der Waals surface area (Å²) in [4.78, 5) is 0. The molecule has 1 aromatic rings. The third-order valence-electron chi connectivity index (χ3n) is 2.58. The van der Waals surface area contributed by atoms with Crippen molar-refractivity contribution in [1.29, 1.82) is 0 Å². The molecule has 0 aliphatic heterocycles. The van der Waals surface area contributed by atoms with Crippen molar-refractivity contribution in [2.75, 3.05) is 0 Å². The van der Waals surface area contributed by atoms with Crippen LogP contribution in [0, 0.1) is 0 Å². The van der Waals surface area contributed by atoms with Gasteiger partial charge in [-0.05, 0) is 12.8 Å². The first-order valence-electron chi connectivity index (χ1n) is 4.93. The van der Waals surface area contributed by atoms with E-state index in [1.807, 2.05) is 13.2 Å². The standard InChI is InChI=1S/C9H16N4/c1-13-7-9(11-12-13)6-10-8-4-2-3-5-8/h7-8,10H,2-6H2,1H3. The number of hydrogen-bond acceptors (Lipinski definition) is 3. The summed E-state index contributed by atoms with van der Waals surface area (Å²) in [5.41, 5.74) is 1.04. The van der Waals surface area contributed by atoms with Gasteiger partial charge in [-0.1, -0.05) is 18.1 Å². The van der Waals surface area contributed by atoms with E-state index in [0.717, 1.165) is 12.2 Å². The monoisotopic (exact) mass is 180 g/mol. The van der Waals surface area contributed by atoms with Crippen LogP contribution in [0.4, 0.5) is 0 Å². The van der Waals surface area contributed by atoms with Crippen LogP contribution >= 0.6 is 0 Å². The van der Waals surface area contributed by atoms with E-state index >= 15 is 0 Å². The van der Waals surface area contributed by atoms with Gasteiger partial charge in [0.05, 0.1) is 5.69 Å². The van der Waals surface area contributed by atoms with Gasteiger partial charge in [-0.3, -0.25) is 4.68 Å². The minimum Gasteiger partial charge on any atom is -0.308 e. The highest BCUT2D eigenvalue weighted by Crippen LogP contribution is 2.17. The van der Waals surface area contributed by atoms with Crippen LogP contribution in [-0.2, 0) is 13.6 Å². The Morgan fingerprint density at radius 1 is 1.54 bits per heavy atom. The summed E-state index contributed by atoms with van der Waals surface area (Å²) in [6, 6.07) is 0.710. The number of aryl methyl sites for hydroxylation is 1. The van der Waals surface area contributed by atoms with Crippen LogP contribution in [0.5, 0.6) is 0 Å². The molecule has 0 aromatic carbocycles. The van der Waals surface area contributed by atoms with Crippen molar-refractivity contribution in [1.82, 2.24) is 20.3 Å². The molecule has 0 radical (unpaired) electrons. The molecule has 1 N–H and O–H groups in total. The maximum atomic E-state index is 4.03. The fourth-order valence-electron chi connectivity index (χ4n) is 1.86. The molecule has 13 heavy (non-hydrogen) atoms.